The molecule has 0 saturated heterocycles. The van der Waals surface area contributed by atoms with Crippen LogP contribution in [0.15, 0.2) is 53.7 Å². The first-order valence-corrected chi connectivity index (χ1v) is 6.85. The molecule has 0 aliphatic rings. The van der Waals surface area contributed by atoms with Crippen LogP contribution in [0.4, 0.5) is 10.1 Å². The van der Waals surface area contributed by atoms with Gasteiger partial charge in [0.1, 0.15) is 17.2 Å². The van der Waals surface area contributed by atoms with Gasteiger partial charge in [-0.05, 0) is 37.3 Å². The molecule has 0 unspecified atom stereocenters. The molecule has 6 nitrogen and oxygen atoms in total. The summed E-state index contributed by atoms with van der Waals surface area (Å²) in [5, 5.41) is 2.50. The van der Waals surface area contributed by atoms with Crippen molar-refractivity contribution in [3.05, 3.63) is 76.5 Å². The number of nitrogens with zero attached hydrogens (tertiary/aromatic N) is 2. The molecule has 23 heavy (non-hydrogen) atoms. The number of aryl methyl sites for hydroxylation is 1. The van der Waals surface area contributed by atoms with E-state index in [9.17, 15) is 14.0 Å². The van der Waals surface area contributed by atoms with E-state index >= 15 is 0 Å². The van der Waals surface area contributed by atoms with E-state index in [-0.39, 0.29) is 11.3 Å². The third-order valence-corrected chi connectivity index (χ3v) is 3.35. The summed E-state index contributed by atoms with van der Waals surface area (Å²) in [5.74, 6) is -0.458. The number of rotatable bonds is 3. The lowest BCUT2D eigenvalue weighted by molar-refractivity contribution is 0.102. The quantitative estimate of drug-likeness (QED) is 0.778. The number of benzene rings is 1. The van der Waals surface area contributed by atoms with Crippen LogP contribution in [0, 0.1) is 12.7 Å². The molecule has 0 bridgehead atoms. The summed E-state index contributed by atoms with van der Waals surface area (Å²) in [4.78, 5) is 30.1. The first-order valence-electron chi connectivity index (χ1n) is 6.85. The average molecular weight is 312 g/mol. The topological polar surface area (TPSA) is 79.8 Å². The molecule has 7 heteroatoms. The van der Waals surface area contributed by atoms with E-state index in [1.165, 1.54) is 24.4 Å². The Morgan fingerprint density at radius 3 is 2.83 bits per heavy atom. The second-order valence-electron chi connectivity index (χ2n) is 4.88. The number of amides is 1. The lowest BCUT2D eigenvalue weighted by Crippen LogP contribution is -2.22. The summed E-state index contributed by atoms with van der Waals surface area (Å²) in [5.41, 5.74) is 0.0476. The van der Waals surface area contributed by atoms with Crippen molar-refractivity contribution in [1.29, 1.82) is 0 Å². The monoisotopic (exact) mass is 312 g/mol. The summed E-state index contributed by atoms with van der Waals surface area (Å²) in [6.45, 7) is 1.76. The van der Waals surface area contributed by atoms with Crippen LogP contribution >= 0.6 is 0 Å². The Morgan fingerprint density at radius 2 is 2.17 bits per heavy atom. The van der Waals surface area contributed by atoms with Gasteiger partial charge < -0.3 is 14.9 Å². The number of hydrogen-bond acceptors (Lipinski definition) is 3. The number of anilines is 1. The molecular formula is C16H13FN4O2. The van der Waals surface area contributed by atoms with Crippen molar-refractivity contribution < 1.29 is 9.18 Å². The lowest BCUT2D eigenvalue weighted by Gasteiger charge is -2.09. The predicted molar refractivity (Wildman–Crippen MR) is 83.3 cm³/mol. The van der Waals surface area contributed by atoms with E-state index in [0.29, 0.717) is 11.5 Å². The smallest absolute Gasteiger partial charge is 0.261 e. The second kappa shape index (κ2) is 5.88. The molecule has 3 aromatic rings. The Morgan fingerprint density at radius 1 is 1.35 bits per heavy atom. The van der Waals surface area contributed by atoms with Crippen LogP contribution in [0.5, 0.6) is 0 Å². The molecule has 0 saturated carbocycles. The fourth-order valence-electron chi connectivity index (χ4n) is 2.21. The van der Waals surface area contributed by atoms with Gasteiger partial charge in [-0.25, -0.2) is 9.37 Å². The van der Waals surface area contributed by atoms with Crippen molar-refractivity contribution in [1.82, 2.24) is 14.5 Å². The number of carbonyl (C=O) groups is 1. The first kappa shape index (κ1) is 14.7. The maximum Gasteiger partial charge on any atom is 0.261 e. The Balaban J connectivity index is 1.87. The molecule has 1 aromatic carbocycles. The molecular weight excluding hydrogens is 299 g/mol. The third kappa shape index (κ3) is 2.89. The number of carbonyl (C=O) groups excluding carboxylic acids is 1. The highest BCUT2D eigenvalue weighted by Crippen LogP contribution is 2.19. The number of aromatic amines is 1. The zero-order valence-electron chi connectivity index (χ0n) is 12.2. The van der Waals surface area contributed by atoms with Crippen molar-refractivity contribution in [2.45, 2.75) is 6.92 Å². The van der Waals surface area contributed by atoms with Crippen molar-refractivity contribution in [3.8, 4) is 5.69 Å². The van der Waals surface area contributed by atoms with Crippen molar-refractivity contribution in [2.75, 3.05) is 5.32 Å². The Bertz CT molecular complexity index is 930. The molecule has 2 aromatic heterocycles. The van der Waals surface area contributed by atoms with Gasteiger partial charge in [-0.15, -0.1) is 0 Å². The van der Waals surface area contributed by atoms with Gasteiger partial charge in [-0.2, -0.15) is 0 Å². The number of imidazole rings is 1. The van der Waals surface area contributed by atoms with E-state index in [0.717, 1.165) is 0 Å². The lowest BCUT2D eigenvalue weighted by atomic mass is 10.2. The summed E-state index contributed by atoms with van der Waals surface area (Å²) >= 11 is 0. The van der Waals surface area contributed by atoms with Gasteiger partial charge in [0.25, 0.3) is 11.5 Å². The molecule has 0 fully saturated rings. The van der Waals surface area contributed by atoms with Gasteiger partial charge in [0.2, 0.25) is 0 Å². The van der Waals surface area contributed by atoms with Gasteiger partial charge in [0, 0.05) is 24.3 Å². The van der Waals surface area contributed by atoms with Gasteiger partial charge in [0.15, 0.2) is 0 Å². The molecule has 0 radical (unpaired) electrons. The molecule has 2 heterocycles. The molecule has 0 aliphatic carbocycles. The highest BCUT2D eigenvalue weighted by molar-refractivity contribution is 6.03. The van der Waals surface area contributed by atoms with Crippen LogP contribution in [-0.2, 0) is 0 Å². The van der Waals surface area contributed by atoms with E-state index in [1.807, 2.05) is 0 Å². The van der Waals surface area contributed by atoms with E-state index in [1.54, 1.807) is 36.0 Å². The maximum absolute atomic E-state index is 14.3. The fraction of sp³-hybridized carbons (Fsp3) is 0.0625. The van der Waals surface area contributed by atoms with Gasteiger partial charge in [-0.1, -0.05) is 0 Å². The minimum absolute atomic E-state index is 0.0394. The standard InChI is InChI=1S/C16H13FN4O2/c1-10-18-7-8-21(10)14-5-4-11(9-13(14)17)20-16(23)12-3-2-6-19-15(12)22/h2-9H,1H3,(H,19,22)(H,20,23). The van der Waals surface area contributed by atoms with Crippen molar-refractivity contribution >= 4 is 11.6 Å². The molecule has 3 rings (SSSR count). The fourth-order valence-corrected chi connectivity index (χ4v) is 2.21. The molecule has 0 aliphatic heterocycles. The number of halogens is 1. The number of hydrogen-bond donors (Lipinski definition) is 2. The molecule has 116 valence electrons. The first-order chi connectivity index (χ1) is 11.1. The normalized spacial score (nSPS) is 10.5. The second-order valence-corrected chi connectivity index (χ2v) is 4.88. The molecule has 1 amide bonds. The summed E-state index contributed by atoms with van der Waals surface area (Å²) in [7, 11) is 0. The molecule has 2 N–H and O–H groups in total. The van der Waals surface area contributed by atoms with E-state index < -0.39 is 17.3 Å². The van der Waals surface area contributed by atoms with Gasteiger partial charge >= 0.3 is 0 Å². The van der Waals surface area contributed by atoms with Crippen LogP contribution in [0.1, 0.15) is 16.2 Å². The van der Waals surface area contributed by atoms with Crippen LogP contribution in [0.2, 0.25) is 0 Å². The number of nitrogens with one attached hydrogen (secondary N) is 2. The summed E-state index contributed by atoms with van der Waals surface area (Å²) in [6.07, 6.45) is 4.66. The van der Waals surface area contributed by atoms with Crippen molar-refractivity contribution in [2.24, 2.45) is 0 Å². The van der Waals surface area contributed by atoms with Gasteiger partial charge in [0.05, 0.1) is 5.69 Å². The van der Waals surface area contributed by atoms with Crippen LogP contribution in [0.3, 0.4) is 0 Å². The SMILES string of the molecule is Cc1nccn1-c1ccc(NC(=O)c2ccc[nH]c2=O)cc1F. The zero-order valence-corrected chi connectivity index (χ0v) is 12.2. The average Bonchev–Trinajstić information content (AvgIpc) is 2.94. The van der Waals surface area contributed by atoms with Crippen LogP contribution in [0.25, 0.3) is 5.69 Å². The minimum atomic E-state index is -0.599. The largest absolute Gasteiger partial charge is 0.328 e. The summed E-state index contributed by atoms with van der Waals surface area (Å²) in [6, 6.07) is 7.24. The number of aromatic nitrogens is 3. The van der Waals surface area contributed by atoms with E-state index in [2.05, 4.69) is 15.3 Å². The minimum Gasteiger partial charge on any atom is -0.328 e. The number of H-pyrrole nitrogens is 1. The molecule has 0 spiro atoms. The van der Waals surface area contributed by atoms with Crippen LogP contribution in [-0.4, -0.2) is 20.4 Å². The van der Waals surface area contributed by atoms with Crippen molar-refractivity contribution in [3.63, 3.8) is 0 Å². The Kier molecular flexibility index (Phi) is 3.76. The highest BCUT2D eigenvalue weighted by Gasteiger charge is 2.12. The zero-order chi connectivity index (χ0) is 16.4. The molecule has 0 atom stereocenters. The third-order valence-electron chi connectivity index (χ3n) is 3.35. The predicted octanol–water partition coefficient (Wildman–Crippen LogP) is 2.26. The van der Waals surface area contributed by atoms with Crippen LogP contribution < -0.4 is 10.9 Å². The van der Waals surface area contributed by atoms with E-state index in [4.69, 9.17) is 0 Å². The van der Waals surface area contributed by atoms with Gasteiger partial charge in [-0.3, -0.25) is 9.59 Å². The Labute approximate surface area is 130 Å². The maximum atomic E-state index is 14.3. The Hall–Kier alpha value is -3.22. The number of pyridine rings is 1. The summed E-state index contributed by atoms with van der Waals surface area (Å²) < 4.78 is 15.9. The highest BCUT2D eigenvalue weighted by atomic mass is 19.1.